The fourth-order valence-corrected chi connectivity index (χ4v) is 1.97. The molecule has 5 nitrogen and oxygen atoms in total. The standard InChI is InChI=1S/C11H15N3O2S/c1-5-6-14(7-8(15)16)10-12-9(13-17-10)11(2,3)4/h1H,6-7H2,2-4H3,(H,15,16). The van der Waals surface area contributed by atoms with E-state index in [2.05, 4.69) is 15.3 Å². The van der Waals surface area contributed by atoms with Crippen LogP contribution in [0.5, 0.6) is 0 Å². The van der Waals surface area contributed by atoms with Gasteiger partial charge in [-0.15, -0.1) is 6.42 Å². The highest BCUT2D eigenvalue weighted by Gasteiger charge is 2.22. The van der Waals surface area contributed by atoms with Gasteiger partial charge in [0.25, 0.3) is 0 Å². The molecule has 1 aromatic rings. The Bertz CT molecular complexity index is 442. The van der Waals surface area contributed by atoms with Crippen molar-refractivity contribution < 1.29 is 9.90 Å². The van der Waals surface area contributed by atoms with Crippen molar-refractivity contribution in [2.75, 3.05) is 18.0 Å². The molecule has 0 spiro atoms. The summed E-state index contributed by atoms with van der Waals surface area (Å²) in [6.07, 6.45) is 5.21. The van der Waals surface area contributed by atoms with Gasteiger partial charge in [-0.3, -0.25) is 4.79 Å². The molecule has 0 saturated carbocycles. The molecule has 0 unspecified atom stereocenters. The molecule has 0 fully saturated rings. The second-order valence-corrected chi connectivity index (χ2v) is 5.33. The van der Waals surface area contributed by atoms with E-state index in [1.54, 1.807) is 0 Å². The monoisotopic (exact) mass is 253 g/mol. The zero-order valence-electron chi connectivity index (χ0n) is 10.1. The smallest absolute Gasteiger partial charge is 0.323 e. The van der Waals surface area contributed by atoms with Gasteiger partial charge in [-0.2, -0.15) is 4.37 Å². The number of aromatic nitrogens is 2. The fourth-order valence-electron chi connectivity index (χ4n) is 1.11. The SMILES string of the molecule is C#CCN(CC(=O)O)c1nc(C(C)(C)C)ns1. The summed E-state index contributed by atoms with van der Waals surface area (Å²) in [7, 11) is 0. The first-order valence-electron chi connectivity index (χ1n) is 5.09. The lowest BCUT2D eigenvalue weighted by atomic mass is 9.96. The van der Waals surface area contributed by atoms with Crippen molar-refractivity contribution in [1.82, 2.24) is 9.36 Å². The number of aliphatic carboxylic acids is 1. The summed E-state index contributed by atoms with van der Waals surface area (Å²) in [5.41, 5.74) is -0.153. The normalized spacial score (nSPS) is 10.9. The van der Waals surface area contributed by atoms with E-state index in [1.165, 1.54) is 16.4 Å². The van der Waals surface area contributed by atoms with Crippen LogP contribution in [-0.2, 0) is 10.2 Å². The van der Waals surface area contributed by atoms with Crippen molar-refractivity contribution >= 4 is 22.6 Å². The average molecular weight is 253 g/mol. The van der Waals surface area contributed by atoms with Crippen LogP contribution in [0.2, 0.25) is 0 Å². The number of nitrogens with zero attached hydrogens (tertiary/aromatic N) is 3. The number of hydrogen-bond donors (Lipinski definition) is 1. The van der Waals surface area contributed by atoms with Gasteiger partial charge < -0.3 is 10.0 Å². The summed E-state index contributed by atoms with van der Waals surface area (Å²) in [4.78, 5) is 16.6. The van der Waals surface area contributed by atoms with E-state index in [-0.39, 0.29) is 18.5 Å². The van der Waals surface area contributed by atoms with Crippen molar-refractivity contribution in [3.8, 4) is 12.3 Å². The van der Waals surface area contributed by atoms with Gasteiger partial charge in [0.15, 0.2) is 0 Å². The summed E-state index contributed by atoms with van der Waals surface area (Å²) in [5.74, 6) is 2.18. The Morgan fingerprint density at radius 3 is 2.65 bits per heavy atom. The van der Waals surface area contributed by atoms with Crippen LogP contribution in [0.25, 0.3) is 0 Å². The van der Waals surface area contributed by atoms with Gasteiger partial charge in [0.2, 0.25) is 5.13 Å². The maximum Gasteiger partial charge on any atom is 0.323 e. The van der Waals surface area contributed by atoms with Crippen LogP contribution in [-0.4, -0.2) is 33.5 Å². The molecule has 1 rings (SSSR count). The van der Waals surface area contributed by atoms with Crippen molar-refractivity contribution in [2.24, 2.45) is 0 Å². The van der Waals surface area contributed by atoms with Crippen LogP contribution in [0.3, 0.4) is 0 Å². The summed E-state index contributed by atoms with van der Waals surface area (Å²) in [6, 6.07) is 0. The average Bonchev–Trinajstić information content (AvgIpc) is 2.64. The Labute approximate surface area is 105 Å². The molecule has 0 saturated heterocycles. The van der Waals surface area contributed by atoms with E-state index < -0.39 is 5.97 Å². The van der Waals surface area contributed by atoms with Crippen molar-refractivity contribution in [3.63, 3.8) is 0 Å². The predicted molar refractivity (Wildman–Crippen MR) is 67.3 cm³/mol. The second kappa shape index (κ2) is 5.15. The first kappa shape index (κ1) is 13.5. The van der Waals surface area contributed by atoms with Crippen LogP contribution in [0.15, 0.2) is 0 Å². The third-order valence-corrected chi connectivity index (χ3v) is 2.74. The molecule has 0 aromatic carbocycles. The Morgan fingerprint density at radius 2 is 2.24 bits per heavy atom. The number of hydrogen-bond acceptors (Lipinski definition) is 5. The summed E-state index contributed by atoms with van der Waals surface area (Å²) in [5, 5.41) is 9.34. The number of carbonyl (C=O) groups is 1. The van der Waals surface area contributed by atoms with Crippen molar-refractivity contribution in [2.45, 2.75) is 26.2 Å². The third-order valence-electron chi connectivity index (χ3n) is 1.96. The van der Waals surface area contributed by atoms with Gasteiger partial charge in [0, 0.05) is 16.9 Å². The molecule has 1 N–H and O–H groups in total. The largest absolute Gasteiger partial charge is 0.480 e. The van der Waals surface area contributed by atoms with Crippen molar-refractivity contribution in [1.29, 1.82) is 0 Å². The van der Waals surface area contributed by atoms with Crippen LogP contribution in [0.1, 0.15) is 26.6 Å². The number of carboxylic acids is 1. The highest BCUT2D eigenvalue weighted by atomic mass is 32.1. The Balaban J connectivity index is 2.92. The number of terminal acetylenes is 1. The van der Waals surface area contributed by atoms with Crippen LogP contribution in [0, 0.1) is 12.3 Å². The molecular weight excluding hydrogens is 238 g/mol. The molecule has 0 bridgehead atoms. The topological polar surface area (TPSA) is 66.3 Å². The summed E-state index contributed by atoms with van der Waals surface area (Å²) in [6.45, 7) is 6.05. The molecular formula is C11H15N3O2S. The molecule has 92 valence electrons. The molecule has 6 heteroatoms. The molecule has 1 heterocycles. The summed E-state index contributed by atoms with van der Waals surface area (Å²) < 4.78 is 4.23. The van der Waals surface area contributed by atoms with E-state index in [9.17, 15) is 4.79 Å². The molecule has 1 aromatic heterocycles. The Hall–Kier alpha value is -1.61. The van der Waals surface area contributed by atoms with Gasteiger partial charge in [-0.25, -0.2) is 4.98 Å². The predicted octanol–water partition coefficient (Wildman–Crippen LogP) is 1.36. The molecule has 0 aliphatic heterocycles. The van der Waals surface area contributed by atoms with E-state index in [0.29, 0.717) is 11.0 Å². The van der Waals surface area contributed by atoms with Gasteiger partial charge >= 0.3 is 5.97 Å². The van der Waals surface area contributed by atoms with E-state index in [0.717, 1.165) is 0 Å². The minimum atomic E-state index is -0.937. The summed E-state index contributed by atoms with van der Waals surface area (Å²) >= 11 is 1.17. The first-order chi connectivity index (χ1) is 7.84. The molecule has 0 aliphatic rings. The van der Waals surface area contributed by atoms with E-state index in [4.69, 9.17) is 11.5 Å². The van der Waals surface area contributed by atoms with Gasteiger partial charge in [0.05, 0.1) is 6.54 Å². The molecule has 0 atom stereocenters. The maximum atomic E-state index is 10.7. The van der Waals surface area contributed by atoms with Gasteiger partial charge in [0.1, 0.15) is 12.4 Å². The van der Waals surface area contributed by atoms with Gasteiger partial charge in [-0.1, -0.05) is 26.7 Å². The quantitative estimate of drug-likeness (QED) is 0.821. The highest BCUT2D eigenvalue weighted by Crippen LogP contribution is 2.25. The highest BCUT2D eigenvalue weighted by molar-refractivity contribution is 7.09. The lowest BCUT2D eigenvalue weighted by Gasteiger charge is -2.16. The van der Waals surface area contributed by atoms with Crippen LogP contribution >= 0.6 is 11.5 Å². The lowest BCUT2D eigenvalue weighted by molar-refractivity contribution is -0.135. The van der Waals surface area contributed by atoms with E-state index in [1.807, 2.05) is 20.8 Å². The zero-order chi connectivity index (χ0) is 13.1. The van der Waals surface area contributed by atoms with E-state index >= 15 is 0 Å². The molecule has 17 heavy (non-hydrogen) atoms. The number of rotatable bonds is 4. The van der Waals surface area contributed by atoms with Gasteiger partial charge in [-0.05, 0) is 0 Å². The van der Waals surface area contributed by atoms with Crippen molar-refractivity contribution in [3.05, 3.63) is 5.82 Å². The Morgan fingerprint density at radius 1 is 1.59 bits per heavy atom. The second-order valence-electron chi connectivity index (χ2n) is 4.60. The molecule has 0 aliphatic carbocycles. The van der Waals surface area contributed by atoms with Crippen LogP contribution < -0.4 is 4.90 Å². The number of anilines is 1. The Kier molecular flexibility index (Phi) is 4.07. The number of carboxylic acid groups (broad SMARTS) is 1. The molecule has 0 amide bonds. The fraction of sp³-hybridized carbons (Fsp3) is 0.545. The minimum absolute atomic E-state index is 0.153. The molecule has 0 radical (unpaired) electrons. The lowest BCUT2D eigenvalue weighted by Crippen LogP contribution is -2.30. The van der Waals surface area contributed by atoms with Crippen LogP contribution in [0.4, 0.5) is 5.13 Å². The zero-order valence-corrected chi connectivity index (χ0v) is 10.9. The third kappa shape index (κ3) is 3.71. The first-order valence-corrected chi connectivity index (χ1v) is 5.86. The minimum Gasteiger partial charge on any atom is -0.480 e. The maximum absolute atomic E-state index is 10.7.